The zero-order valence-electron chi connectivity index (χ0n) is 10.6. The summed E-state index contributed by atoms with van der Waals surface area (Å²) in [6.45, 7) is 0. The number of carbonyl (C=O) groups is 1. The molecule has 0 bridgehead atoms. The number of carbonyl (C=O) groups excluding carboxylic acids is 1. The molecule has 0 atom stereocenters. The topological polar surface area (TPSA) is 41.1 Å². The first-order valence-corrected chi connectivity index (χ1v) is 6.50. The molecule has 0 heterocycles. The Labute approximate surface area is 112 Å². The molecule has 0 fully saturated rings. The van der Waals surface area contributed by atoms with Gasteiger partial charge in [0, 0.05) is 11.7 Å². The van der Waals surface area contributed by atoms with Crippen molar-refractivity contribution in [2.75, 3.05) is 5.32 Å². The van der Waals surface area contributed by atoms with Gasteiger partial charge in [0.25, 0.3) is 0 Å². The number of para-hydroxylation sites is 1. The van der Waals surface area contributed by atoms with Gasteiger partial charge in [-0.15, -0.1) is 0 Å². The molecular formula is C16H16N2O. The van der Waals surface area contributed by atoms with E-state index in [1.807, 2.05) is 42.5 Å². The van der Waals surface area contributed by atoms with Crippen LogP contribution in [0.4, 0.5) is 10.5 Å². The van der Waals surface area contributed by atoms with Gasteiger partial charge in [0.15, 0.2) is 0 Å². The highest BCUT2D eigenvalue weighted by atomic mass is 16.2. The Morgan fingerprint density at radius 1 is 0.895 bits per heavy atom. The molecule has 2 aromatic carbocycles. The van der Waals surface area contributed by atoms with E-state index < -0.39 is 0 Å². The van der Waals surface area contributed by atoms with E-state index in [1.165, 1.54) is 11.1 Å². The molecule has 0 saturated carbocycles. The van der Waals surface area contributed by atoms with Crippen LogP contribution >= 0.6 is 0 Å². The maximum atomic E-state index is 11.9. The summed E-state index contributed by atoms with van der Waals surface area (Å²) in [6, 6.07) is 17.9. The average Bonchev–Trinajstić information content (AvgIpc) is 2.81. The first-order valence-electron chi connectivity index (χ1n) is 6.50. The van der Waals surface area contributed by atoms with Gasteiger partial charge in [-0.3, -0.25) is 0 Å². The van der Waals surface area contributed by atoms with Gasteiger partial charge >= 0.3 is 6.03 Å². The molecule has 0 unspecified atom stereocenters. The van der Waals surface area contributed by atoms with Crippen molar-refractivity contribution in [1.29, 1.82) is 0 Å². The minimum absolute atomic E-state index is 0.135. The lowest BCUT2D eigenvalue weighted by Crippen LogP contribution is -2.38. The Bertz CT molecular complexity index is 555. The van der Waals surface area contributed by atoms with E-state index in [9.17, 15) is 4.79 Å². The van der Waals surface area contributed by atoms with Crippen LogP contribution in [0.15, 0.2) is 54.6 Å². The fourth-order valence-electron chi connectivity index (χ4n) is 2.53. The highest BCUT2D eigenvalue weighted by molar-refractivity contribution is 5.89. The standard InChI is InChI=1S/C16H16N2O/c19-16(17-14-8-2-1-3-9-14)18-15-10-12-6-4-5-7-13(12)11-15/h1-9,15H,10-11H2,(H2,17,18,19). The van der Waals surface area contributed by atoms with Crippen LogP contribution in [0.2, 0.25) is 0 Å². The summed E-state index contributed by atoms with van der Waals surface area (Å²) in [4.78, 5) is 11.9. The zero-order chi connectivity index (χ0) is 13.1. The van der Waals surface area contributed by atoms with Crippen LogP contribution in [0, 0.1) is 0 Å². The van der Waals surface area contributed by atoms with Crippen LogP contribution in [0.5, 0.6) is 0 Å². The van der Waals surface area contributed by atoms with Crippen molar-refractivity contribution >= 4 is 11.7 Å². The van der Waals surface area contributed by atoms with Crippen LogP contribution in [0.1, 0.15) is 11.1 Å². The second-order valence-electron chi connectivity index (χ2n) is 4.84. The van der Waals surface area contributed by atoms with Crippen molar-refractivity contribution in [3.8, 4) is 0 Å². The van der Waals surface area contributed by atoms with Gasteiger partial charge in [-0.25, -0.2) is 4.79 Å². The first-order chi connectivity index (χ1) is 9.31. The summed E-state index contributed by atoms with van der Waals surface area (Å²) in [7, 11) is 0. The summed E-state index contributed by atoms with van der Waals surface area (Å²) >= 11 is 0. The Morgan fingerprint density at radius 3 is 2.11 bits per heavy atom. The molecule has 0 radical (unpaired) electrons. The molecule has 1 aliphatic carbocycles. The molecule has 2 amide bonds. The van der Waals surface area contributed by atoms with Crippen LogP contribution in [0.3, 0.4) is 0 Å². The number of hydrogen-bond donors (Lipinski definition) is 2. The lowest BCUT2D eigenvalue weighted by molar-refractivity contribution is 0.249. The highest BCUT2D eigenvalue weighted by Crippen LogP contribution is 2.21. The van der Waals surface area contributed by atoms with Crippen molar-refractivity contribution in [3.05, 3.63) is 65.7 Å². The predicted octanol–water partition coefficient (Wildman–Crippen LogP) is 2.98. The van der Waals surface area contributed by atoms with E-state index in [2.05, 4.69) is 22.8 Å². The number of rotatable bonds is 2. The lowest BCUT2D eigenvalue weighted by Gasteiger charge is -2.13. The SMILES string of the molecule is O=C(Nc1ccccc1)NC1Cc2ccccc2C1. The van der Waals surface area contributed by atoms with Crippen molar-refractivity contribution in [2.24, 2.45) is 0 Å². The maximum Gasteiger partial charge on any atom is 0.319 e. The first kappa shape index (κ1) is 11.8. The van der Waals surface area contributed by atoms with E-state index in [1.54, 1.807) is 0 Å². The number of benzene rings is 2. The van der Waals surface area contributed by atoms with Crippen LogP contribution < -0.4 is 10.6 Å². The van der Waals surface area contributed by atoms with Crippen molar-refractivity contribution in [3.63, 3.8) is 0 Å². The number of fused-ring (bicyclic) bond motifs is 1. The van der Waals surface area contributed by atoms with E-state index >= 15 is 0 Å². The molecule has 3 rings (SSSR count). The molecule has 0 spiro atoms. The molecule has 96 valence electrons. The minimum atomic E-state index is -0.135. The number of hydrogen-bond acceptors (Lipinski definition) is 1. The molecule has 2 N–H and O–H groups in total. The third-order valence-corrected chi connectivity index (χ3v) is 3.42. The third kappa shape index (κ3) is 2.76. The number of urea groups is 1. The minimum Gasteiger partial charge on any atom is -0.334 e. The Hall–Kier alpha value is -2.29. The molecule has 2 aromatic rings. The van der Waals surface area contributed by atoms with Gasteiger partial charge in [0.2, 0.25) is 0 Å². The monoisotopic (exact) mass is 252 g/mol. The Kier molecular flexibility index (Phi) is 3.19. The van der Waals surface area contributed by atoms with E-state index in [0.717, 1.165) is 18.5 Å². The summed E-state index contributed by atoms with van der Waals surface area (Å²) in [6.07, 6.45) is 1.83. The highest BCUT2D eigenvalue weighted by Gasteiger charge is 2.22. The van der Waals surface area contributed by atoms with E-state index in [4.69, 9.17) is 0 Å². The molecule has 0 aliphatic heterocycles. The molecule has 1 aliphatic rings. The van der Waals surface area contributed by atoms with Gasteiger partial charge in [-0.05, 0) is 36.1 Å². The van der Waals surface area contributed by atoms with Gasteiger partial charge in [-0.2, -0.15) is 0 Å². The Morgan fingerprint density at radius 2 is 1.47 bits per heavy atom. The number of nitrogens with one attached hydrogen (secondary N) is 2. The van der Waals surface area contributed by atoms with Crippen LogP contribution in [-0.4, -0.2) is 12.1 Å². The summed E-state index contributed by atoms with van der Waals surface area (Å²) in [5.74, 6) is 0. The van der Waals surface area contributed by atoms with Crippen molar-refractivity contribution in [1.82, 2.24) is 5.32 Å². The largest absolute Gasteiger partial charge is 0.334 e. The second kappa shape index (κ2) is 5.14. The van der Waals surface area contributed by atoms with E-state index in [0.29, 0.717) is 0 Å². The Balaban J connectivity index is 1.58. The molecule has 19 heavy (non-hydrogen) atoms. The fraction of sp³-hybridized carbons (Fsp3) is 0.188. The van der Waals surface area contributed by atoms with Gasteiger partial charge in [-0.1, -0.05) is 42.5 Å². The number of anilines is 1. The average molecular weight is 252 g/mol. The van der Waals surface area contributed by atoms with E-state index in [-0.39, 0.29) is 12.1 Å². The van der Waals surface area contributed by atoms with Crippen LogP contribution in [0.25, 0.3) is 0 Å². The summed E-state index contributed by atoms with van der Waals surface area (Å²) in [5, 5.41) is 5.87. The fourth-order valence-corrected chi connectivity index (χ4v) is 2.53. The van der Waals surface area contributed by atoms with Crippen molar-refractivity contribution < 1.29 is 4.79 Å². The summed E-state index contributed by atoms with van der Waals surface area (Å²) in [5.41, 5.74) is 3.50. The van der Waals surface area contributed by atoms with Gasteiger partial charge < -0.3 is 10.6 Å². The third-order valence-electron chi connectivity index (χ3n) is 3.42. The maximum absolute atomic E-state index is 11.9. The predicted molar refractivity (Wildman–Crippen MR) is 76.2 cm³/mol. The molecule has 0 aromatic heterocycles. The normalized spacial score (nSPS) is 13.9. The summed E-state index contributed by atoms with van der Waals surface area (Å²) < 4.78 is 0. The molecule has 3 heteroatoms. The zero-order valence-corrected chi connectivity index (χ0v) is 10.6. The van der Waals surface area contributed by atoms with Crippen LogP contribution in [-0.2, 0) is 12.8 Å². The van der Waals surface area contributed by atoms with Gasteiger partial charge in [0.05, 0.1) is 0 Å². The second-order valence-corrected chi connectivity index (χ2v) is 4.84. The quantitative estimate of drug-likeness (QED) is 0.847. The lowest BCUT2D eigenvalue weighted by atomic mass is 10.1. The van der Waals surface area contributed by atoms with Crippen molar-refractivity contribution in [2.45, 2.75) is 18.9 Å². The molecule has 3 nitrogen and oxygen atoms in total. The number of amides is 2. The smallest absolute Gasteiger partial charge is 0.319 e. The van der Waals surface area contributed by atoms with Gasteiger partial charge in [0.1, 0.15) is 0 Å². The molecular weight excluding hydrogens is 236 g/mol. The molecule has 0 saturated heterocycles.